The van der Waals surface area contributed by atoms with Crippen molar-refractivity contribution in [2.24, 2.45) is 0 Å². The van der Waals surface area contributed by atoms with Gasteiger partial charge in [0.15, 0.2) is 0 Å². The van der Waals surface area contributed by atoms with Gasteiger partial charge in [0.1, 0.15) is 11.4 Å². The fourth-order valence-electron chi connectivity index (χ4n) is 2.32. The van der Waals surface area contributed by atoms with Crippen LogP contribution in [-0.2, 0) is 11.2 Å². The number of nitro benzene ring substituents is 1. The highest BCUT2D eigenvalue weighted by molar-refractivity contribution is 5.93. The van der Waals surface area contributed by atoms with E-state index in [9.17, 15) is 20.0 Å². The molecule has 8 heteroatoms. The zero-order valence-corrected chi connectivity index (χ0v) is 12.8. The van der Waals surface area contributed by atoms with Crippen LogP contribution in [-0.4, -0.2) is 25.3 Å². The third kappa shape index (κ3) is 3.17. The number of rotatable bonds is 4. The maximum atomic E-state index is 12.1. The lowest BCUT2D eigenvalue weighted by molar-refractivity contribution is -0.384. The number of aromatic nitrogens is 2. The van der Waals surface area contributed by atoms with Crippen LogP contribution < -0.4 is 5.32 Å². The normalized spacial score (nSPS) is 10.7. The number of aromatic hydroxyl groups is 1. The number of aryl methyl sites for hydroxylation is 1. The average molecular weight is 326 g/mol. The van der Waals surface area contributed by atoms with Gasteiger partial charge in [0.25, 0.3) is 5.69 Å². The standard InChI is InChI=1S/C16H14N4O4/c1-10-4-5-19-9-11(17-15(19)6-10)7-16(22)18-13-8-12(20(23)24)2-3-14(13)21/h2-6,8-9,21H,7H2,1H3,(H,18,22). The quantitative estimate of drug-likeness (QED) is 0.435. The predicted octanol–water partition coefficient (Wildman–Crippen LogP) is 2.44. The summed E-state index contributed by atoms with van der Waals surface area (Å²) in [5.41, 5.74) is 2.13. The molecule has 0 atom stereocenters. The summed E-state index contributed by atoms with van der Waals surface area (Å²) in [5, 5.41) is 23.0. The van der Waals surface area contributed by atoms with Gasteiger partial charge in [-0.05, 0) is 30.7 Å². The Morgan fingerprint density at radius 3 is 2.92 bits per heavy atom. The summed E-state index contributed by atoms with van der Waals surface area (Å²) in [5.74, 6) is -0.662. The van der Waals surface area contributed by atoms with E-state index in [0.717, 1.165) is 23.3 Å². The molecule has 0 aliphatic heterocycles. The number of hydrogen-bond donors (Lipinski definition) is 2. The molecule has 0 spiro atoms. The molecule has 2 heterocycles. The van der Waals surface area contributed by atoms with Crippen LogP contribution in [0.1, 0.15) is 11.3 Å². The van der Waals surface area contributed by atoms with E-state index in [2.05, 4.69) is 10.3 Å². The van der Waals surface area contributed by atoms with Gasteiger partial charge in [-0.15, -0.1) is 0 Å². The third-order valence-electron chi connectivity index (χ3n) is 3.47. The van der Waals surface area contributed by atoms with Crippen molar-refractivity contribution < 1.29 is 14.8 Å². The van der Waals surface area contributed by atoms with Crippen molar-refractivity contribution in [2.45, 2.75) is 13.3 Å². The second-order valence-electron chi connectivity index (χ2n) is 5.39. The van der Waals surface area contributed by atoms with Crippen molar-refractivity contribution >= 4 is 22.9 Å². The first-order valence-electron chi connectivity index (χ1n) is 7.14. The van der Waals surface area contributed by atoms with E-state index in [1.54, 1.807) is 10.6 Å². The number of carbonyl (C=O) groups is 1. The van der Waals surface area contributed by atoms with E-state index in [0.29, 0.717) is 5.69 Å². The molecule has 24 heavy (non-hydrogen) atoms. The van der Waals surface area contributed by atoms with E-state index in [-0.39, 0.29) is 23.5 Å². The summed E-state index contributed by atoms with van der Waals surface area (Å²) in [6.07, 6.45) is 3.58. The van der Waals surface area contributed by atoms with Crippen molar-refractivity contribution in [3.05, 3.63) is 64.1 Å². The molecule has 0 aliphatic rings. The number of nitrogens with zero attached hydrogens (tertiary/aromatic N) is 3. The Hall–Kier alpha value is -3.42. The van der Waals surface area contributed by atoms with Crippen LogP contribution in [0.15, 0.2) is 42.7 Å². The van der Waals surface area contributed by atoms with E-state index in [1.165, 1.54) is 6.07 Å². The SMILES string of the molecule is Cc1ccn2cc(CC(=O)Nc3cc([N+](=O)[O-])ccc3O)nc2c1. The second-order valence-corrected chi connectivity index (χ2v) is 5.39. The van der Waals surface area contributed by atoms with Crippen LogP contribution in [0.2, 0.25) is 0 Å². The van der Waals surface area contributed by atoms with Crippen molar-refractivity contribution in [2.75, 3.05) is 5.32 Å². The maximum absolute atomic E-state index is 12.1. The average Bonchev–Trinajstić information content (AvgIpc) is 2.90. The highest BCUT2D eigenvalue weighted by atomic mass is 16.6. The predicted molar refractivity (Wildman–Crippen MR) is 87.0 cm³/mol. The van der Waals surface area contributed by atoms with Crippen molar-refractivity contribution in [3.8, 4) is 5.75 Å². The monoisotopic (exact) mass is 326 g/mol. The number of imidazole rings is 1. The molecule has 0 unspecified atom stereocenters. The number of anilines is 1. The number of amides is 1. The topological polar surface area (TPSA) is 110 Å². The molecule has 122 valence electrons. The summed E-state index contributed by atoms with van der Waals surface area (Å²) in [6.45, 7) is 1.95. The summed E-state index contributed by atoms with van der Waals surface area (Å²) in [4.78, 5) is 26.6. The van der Waals surface area contributed by atoms with Crippen LogP contribution in [0.5, 0.6) is 5.75 Å². The third-order valence-corrected chi connectivity index (χ3v) is 3.47. The number of phenols is 1. The van der Waals surface area contributed by atoms with Gasteiger partial charge in [0.2, 0.25) is 5.91 Å². The molecule has 8 nitrogen and oxygen atoms in total. The molecule has 2 aromatic heterocycles. The van der Waals surface area contributed by atoms with Gasteiger partial charge >= 0.3 is 0 Å². The van der Waals surface area contributed by atoms with Crippen LogP contribution in [0.25, 0.3) is 5.65 Å². The fourth-order valence-corrected chi connectivity index (χ4v) is 2.32. The molecule has 2 N–H and O–H groups in total. The molecule has 1 aromatic carbocycles. The fraction of sp³-hybridized carbons (Fsp3) is 0.125. The number of benzene rings is 1. The largest absolute Gasteiger partial charge is 0.506 e. The Kier molecular flexibility index (Phi) is 3.87. The molecule has 3 aromatic rings. The lowest BCUT2D eigenvalue weighted by atomic mass is 10.2. The lowest BCUT2D eigenvalue weighted by Gasteiger charge is -2.06. The molecule has 0 bridgehead atoms. The number of non-ortho nitro benzene ring substituents is 1. The Morgan fingerprint density at radius 1 is 1.38 bits per heavy atom. The Morgan fingerprint density at radius 2 is 2.17 bits per heavy atom. The number of nitrogens with one attached hydrogen (secondary N) is 1. The van der Waals surface area contributed by atoms with Gasteiger partial charge in [0.05, 0.1) is 22.7 Å². The smallest absolute Gasteiger partial charge is 0.271 e. The highest BCUT2D eigenvalue weighted by Crippen LogP contribution is 2.27. The van der Waals surface area contributed by atoms with Crippen LogP contribution in [0, 0.1) is 17.0 Å². The molecule has 1 amide bonds. The van der Waals surface area contributed by atoms with Gasteiger partial charge in [-0.25, -0.2) is 4.98 Å². The number of carbonyl (C=O) groups excluding carboxylic acids is 1. The molecule has 0 radical (unpaired) electrons. The van der Waals surface area contributed by atoms with Crippen LogP contribution >= 0.6 is 0 Å². The highest BCUT2D eigenvalue weighted by Gasteiger charge is 2.14. The molecule has 0 saturated heterocycles. The number of phenolic OH excluding ortho intramolecular Hbond substituents is 1. The minimum absolute atomic E-state index is 0.00573. The maximum Gasteiger partial charge on any atom is 0.271 e. The van der Waals surface area contributed by atoms with Gasteiger partial charge in [-0.2, -0.15) is 0 Å². The minimum atomic E-state index is -0.598. The first-order chi connectivity index (χ1) is 11.4. The number of pyridine rings is 1. The van der Waals surface area contributed by atoms with E-state index < -0.39 is 10.8 Å². The summed E-state index contributed by atoms with van der Waals surface area (Å²) in [6, 6.07) is 7.27. The van der Waals surface area contributed by atoms with Crippen LogP contribution in [0.3, 0.4) is 0 Å². The summed E-state index contributed by atoms with van der Waals surface area (Å²) < 4.78 is 1.81. The summed E-state index contributed by atoms with van der Waals surface area (Å²) >= 11 is 0. The van der Waals surface area contributed by atoms with Crippen molar-refractivity contribution in [1.29, 1.82) is 0 Å². The van der Waals surface area contributed by atoms with E-state index in [4.69, 9.17) is 0 Å². The van der Waals surface area contributed by atoms with Crippen molar-refractivity contribution in [1.82, 2.24) is 9.38 Å². The molecule has 0 fully saturated rings. The molecular formula is C16H14N4O4. The molecular weight excluding hydrogens is 312 g/mol. The second kappa shape index (κ2) is 5.99. The summed E-state index contributed by atoms with van der Waals surface area (Å²) in [7, 11) is 0. The number of hydrogen-bond acceptors (Lipinski definition) is 5. The number of nitro groups is 1. The van der Waals surface area contributed by atoms with E-state index >= 15 is 0 Å². The van der Waals surface area contributed by atoms with Gasteiger partial charge < -0.3 is 14.8 Å². The van der Waals surface area contributed by atoms with Gasteiger partial charge in [-0.3, -0.25) is 14.9 Å². The number of fused-ring (bicyclic) bond motifs is 1. The lowest BCUT2D eigenvalue weighted by Crippen LogP contribution is -2.14. The Labute approximate surface area is 136 Å². The van der Waals surface area contributed by atoms with Crippen molar-refractivity contribution in [3.63, 3.8) is 0 Å². The minimum Gasteiger partial charge on any atom is -0.506 e. The Balaban J connectivity index is 1.77. The first kappa shape index (κ1) is 15.5. The first-order valence-corrected chi connectivity index (χ1v) is 7.14. The molecule has 0 aliphatic carbocycles. The van der Waals surface area contributed by atoms with E-state index in [1.807, 2.05) is 25.3 Å². The van der Waals surface area contributed by atoms with Gasteiger partial charge in [-0.1, -0.05) is 0 Å². The van der Waals surface area contributed by atoms with Gasteiger partial charge in [0, 0.05) is 24.5 Å². The zero-order chi connectivity index (χ0) is 17.3. The molecule has 0 saturated carbocycles. The molecule has 3 rings (SSSR count). The zero-order valence-electron chi connectivity index (χ0n) is 12.8. The van der Waals surface area contributed by atoms with Crippen LogP contribution in [0.4, 0.5) is 11.4 Å². The Bertz CT molecular complexity index is 948.